The number of halogens is 1. The number of para-hydroxylation sites is 4. The number of fused-ring (bicyclic) bond motifs is 3. The highest BCUT2D eigenvalue weighted by molar-refractivity contribution is 6.28. The van der Waals surface area contributed by atoms with Gasteiger partial charge in [0, 0.05) is 71.4 Å². The number of pyridine rings is 2. The second-order valence-corrected chi connectivity index (χ2v) is 16.5. The van der Waals surface area contributed by atoms with Crippen LogP contribution in [-0.4, -0.2) is 71.3 Å². The normalized spacial score (nSPS) is 10.5. The van der Waals surface area contributed by atoms with Crippen molar-refractivity contribution in [2.45, 2.75) is 0 Å². The Labute approximate surface area is 437 Å². The van der Waals surface area contributed by atoms with E-state index in [1.807, 2.05) is 149 Å². The number of nitrogens with zero attached hydrogens (tertiary/aromatic N) is 11. The van der Waals surface area contributed by atoms with Crippen molar-refractivity contribution in [2.75, 3.05) is 16.4 Å². The van der Waals surface area contributed by atoms with E-state index in [4.69, 9.17) is 34.5 Å². The molecule has 0 spiro atoms. The van der Waals surface area contributed by atoms with Crippen molar-refractivity contribution in [1.82, 2.24) is 53.6 Å². The topological polar surface area (TPSA) is 297 Å². The standard InChI is InChI=1S/2C18H14N6O.C13H9ClN4O.C6H7N/c2*19-17(25)13-11-24(14-6-2-1-5-12(13)14)16-8-10-21-18(23-16)22-15-7-3-4-9-20-15;14-13-16-6-5-11(17-13)18-7-9(12(15)19)8-3-1-2-4-10(8)18;7-6-4-2-1-3-5-6/h2*1-11H,(H2,19,25)(H,20,21,22,23);1-7H,(H2,15,19);1-5H,7H2. The molecule has 8 heterocycles. The summed E-state index contributed by atoms with van der Waals surface area (Å²) in [7, 11) is 0. The molecule has 8 aromatic heterocycles. The van der Waals surface area contributed by atoms with Gasteiger partial charge < -0.3 is 47.3 Å². The zero-order chi connectivity index (χ0) is 53.0. The maximum atomic E-state index is 11.7. The maximum Gasteiger partial charge on any atom is 0.250 e. The van der Waals surface area contributed by atoms with Crippen LogP contribution in [0, 0.1) is 0 Å². The molecule has 0 aliphatic heterocycles. The van der Waals surface area contributed by atoms with E-state index >= 15 is 0 Å². The number of benzene rings is 4. The summed E-state index contributed by atoms with van der Waals surface area (Å²) in [5.74, 6) is 2.52. The molecule has 10 N–H and O–H groups in total. The van der Waals surface area contributed by atoms with Gasteiger partial charge in [0.2, 0.25) is 17.2 Å². The number of anilines is 5. The summed E-state index contributed by atoms with van der Waals surface area (Å²) in [5, 5.41) is 8.61. The van der Waals surface area contributed by atoms with Gasteiger partial charge in [-0.3, -0.25) is 14.4 Å². The summed E-state index contributed by atoms with van der Waals surface area (Å²) < 4.78 is 5.41. The molecule has 76 heavy (non-hydrogen) atoms. The molecule has 0 atom stereocenters. The predicted molar refractivity (Wildman–Crippen MR) is 293 cm³/mol. The summed E-state index contributed by atoms with van der Waals surface area (Å²) in [5.41, 5.74) is 26.5. The SMILES string of the molecule is NC(=O)c1cn(-c2ccnc(Cl)n2)c2ccccc12.NC(=O)c1cn(-c2ccnc(Nc3ccccn3)n2)c2ccccc12.NC(=O)c1cn(-c2ccnc(Nc3ccccn3)n2)c2ccccc12.Nc1ccccc1. The zero-order valence-corrected chi connectivity index (χ0v) is 40.7. The summed E-state index contributed by atoms with van der Waals surface area (Å²) in [4.78, 5) is 68.7. The molecule has 0 bridgehead atoms. The van der Waals surface area contributed by atoms with Gasteiger partial charge in [-0.2, -0.15) is 15.0 Å². The first-order valence-corrected chi connectivity index (χ1v) is 23.4. The lowest BCUT2D eigenvalue weighted by molar-refractivity contribution is 0.0993. The van der Waals surface area contributed by atoms with Gasteiger partial charge in [0.1, 0.15) is 29.1 Å². The number of nitrogens with one attached hydrogen (secondary N) is 2. The Kier molecular flexibility index (Phi) is 15.2. The molecule has 4 aromatic carbocycles. The molecular weight excluding hydrogens is 982 g/mol. The monoisotopic (exact) mass is 1030 g/mol. The Morgan fingerprint density at radius 3 is 1.09 bits per heavy atom. The molecular formula is C55H44ClN17O3. The van der Waals surface area contributed by atoms with Gasteiger partial charge in [0.25, 0.3) is 17.7 Å². The minimum atomic E-state index is -0.477. The van der Waals surface area contributed by atoms with Gasteiger partial charge in [-0.25, -0.2) is 24.9 Å². The van der Waals surface area contributed by atoms with Gasteiger partial charge in [-0.05, 0) is 84.4 Å². The van der Waals surface area contributed by atoms with Crippen molar-refractivity contribution < 1.29 is 14.4 Å². The number of nitrogen functional groups attached to an aromatic ring is 1. The number of aromatic nitrogens is 11. The lowest BCUT2D eigenvalue weighted by Gasteiger charge is -2.07. The number of hydrogen-bond acceptors (Lipinski definition) is 14. The van der Waals surface area contributed by atoms with Crippen molar-refractivity contribution in [3.05, 3.63) is 229 Å². The second-order valence-electron chi connectivity index (χ2n) is 16.1. The van der Waals surface area contributed by atoms with E-state index in [-0.39, 0.29) is 5.28 Å². The number of rotatable bonds is 10. The molecule has 0 saturated carbocycles. The van der Waals surface area contributed by atoms with E-state index in [1.165, 1.54) is 0 Å². The van der Waals surface area contributed by atoms with E-state index in [2.05, 4.69) is 50.5 Å². The number of carbonyl (C=O) groups is 3. The minimum absolute atomic E-state index is 0.149. The van der Waals surface area contributed by atoms with E-state index < -0.39 is 17.7 Å². The van der Waals surface area contributed by atoms with E-state index in [0.717, 1.165) is 38.4 Å². The predicted octanol–water partition coefficient (Wildman–Crippen LogP) is 8.76. The van der Waals surface area contributed by atoms with Crippen molar-refractivity contribution in [1.29, 1.82) is 0 Å². The van der Waals surface area contributed by atoms with E-state index in [9.17, 15) is 14.4 Å². The first kappa shape index (κ1) is 50.1. The quantitative estimate of drug-likeness (QED) is 0.0551. The number of carbonyl (C=O) groups excluding carboxylic acids is 3. The minimum Gasteiger partial charge on any atom is -0.399 e. The maximum absolute atomic E-state index is 11.7. The number of amides is 3. The first-order valence-electron chi connectivity index (χ1n) is 23.0. The Morgan fingerprint density at radius 2 is 0.750 bits per heavy atom. The number of nitrogens with two attached hydrogens (primary N) is 4. The van der Waals surface area contributed by atoms with Crippen LogP contribution < -0.4 is 33.6 Å². The zero-order valence-electron chi connectivity index (χ0n) is 40.0. The van der Waals surface area contributed by atoms with Crippen molar-refractivity contribution >= 4 is 91.3 Å². The van der Waals surface area contributed by atoms with Gasteiger partial charge >= 0.3 is 0 Å². The molecule has 0 saturated heterocycles. The van der Waals surface area contributed by atoms with E-state index in [0.29, 0.717) is 57.7 Å². The highest BCUT2D eigenvalue weighted by atomic mass is 35.5. The fourth-order valence-electron chi connectivity index (χ4n) is 7.80. The molecule has 374 valence electrons. The van der Waals surface area contributed by atoms with E-state index in [1.54, 1.807) is 72.3 Å². The third-order valence-electron chi connectivity index (χ3n) is 11.2. The van der Waals surface area contributed by atoms with Crippen molar-refractivity contribution in [3.8, 4) is 17.5 Å². The molecule has 12 aromatic rings. The third-order valence-corrected chi connectivity index (χ3v) is 11.4. The Hall–Kier alpha value is -10.9. The number of hydrogen-bond donors (Lipinski definition) is 6. The van der Waals surface area contributed by atoms with Crippen LogP contribution in [0.3, 0.4) is 0 Å². The van der Waals surface area contributed by atoms with Crippen LogP contribution in [0.2, 0.25) is 5.28 Å². The molecule has 0 aliphatic rings. The molecule has 0 aliphatic carbocycles. The Balaban J connectivity index is 0.000000132. The van der Waals surface area contributed by atoms with Crippen LogP contribution in [0.15, 0.2) is 207 Å². The summed E-state index contributed by atoms with van der Waals surface area (Å²) in [6, 6.07) is 48.3. The smallest absolute Gasteiger partial charge is 0.250 e. The van der Waals surface area contributed by atoms with Gasteiger partial charge in [-0.1, -0.05) is 84.9 Å². The Morgan fingerprint density at radius 1 is 0.395 bits per heavy atom. The molecule has 12 rings (SSSR count). The fourth-order valence-corrected chi connectivity index (χ4v) is 7.94. The third kappa shape index (κ3) is 11.7. The molecule has 0 unspecified atom stereocenters. The van der Waals surface area contributed by atoms with Crippen molar-refractivity contribution in [2.24, 2.45) is 17.2 Å². The van der Waals surface area contributed by atoms with Crippen LogP contribution in [0.1, 0.15) is 31.1 Å². The van der Waals surface area contributed by atoms with Crippen molar-refractivity contribution in [3.63, 3.8) is 0 Å². The Bertz CT molecular complexity index is 3810. The molecule has 0 radical (unpaired) electrons. The van der Waals surface area contributed by atoms with Crippen LogP contribution >= 0.6 is 11.6 Å². The lowest BCUT2D eigenvalue weighted by Crippen LogP contribution is -2.10. The fraction of sp³-hybridized carbons (Fsp3) is 0. The molecule has 20 nitrogen and oxygen atoms in total. The molecule has 21 heteroatoms. The second kappa shape index (κ2) is 23.1. The highest BCUT2D eigenvalue weighted by Crippen LogP contribution is 2.27. The average molecular weight is 1030 g/mol. The lowest BCUT2D eigenvalue weighted by atomic mass is 10.2. The molecule has 3 amide bonds. The average Bonchev–Trinajstić information content (AvgIpc) is 4.17. The van der Waals surface area contributed by atoms with Crippen LogP contribution in [0.25, 0.3) is 50.2 Å². The summed E-state index contributed by atoms with van der Waals surface area (Å²) in [6.45, 7) is 0. The highest BCUT2D eigenvalue weighted by Gasteiger charge is 2.17. The van der Waals surface area contributed by atoms with Gasteiger partial charge in [-0.15, -0.1) is 0 Å². The summed E-state index contributed by atoms with van der Waals surface area (Å²) in [6.07, 6.45) is 13.3. The van der Waals surface area contributed by atoms with Gasteiger partial charge in [0.15, 0.2) is 0 Å². The molecule has 0 fully saturated rings. The van der Waals surface area contributed by atoms with Crippen LogP contribution in [-0.2, 0) is 0 Å². The van der Waals surface area contributed by atoms with Crippen LogP contribution in [0.5, 0.6) is 0 Å². The summed E-state index contributed by atoms with van der Waals surface area (Å²) >= 11 is 5.79. The largest absolute Gasteiger partial charge is 0.399 e. The number of primary amides is 3. The first-order chi connectivity index (χ1) is 37.0. The van der Waals surface area contributed by atoms with Crippen LogP contribution in [0.4, 0.5) is 29.2 Å². The van der Waals surface area contributed by atoms with Gasteiger partial charge in [0.05, 0.1) is 33.2 Å².